The summed E-state index contributed by atoms with van der Waals surface area (Å²) >= 11 is 0. The average molecular weight is 401 g/mol. The van der Waals surface area contributed by atoms with Crippen molar-refractivity contribution in [3.05, 3.63) is 101 Å². The Hall–Kier alpha value is -3.47. The Morgan fingerprint density at radius 2 is 1.53 bits per heavy atom. The predicted octanol–water partition coefficient (Wildman–Crippen LogP) is 3.95. The monoisotopic (exact) mass is 401 g/mol. The third-order valence-corrected chi connectivity index (χ3v) is 6.64. The van der Waals surface area contributed by atoms with Crippen LogP contribution in [0.5, 0.6) is 0 Å². The number of halogens is 1. The first kappa shape index (κ1) is 18.6. The minimum atomic E-state index is -1.22. The summed E-state index contributed by atoms with van der Waals surface area (Å²) in [4.78, 5) is 28.8. The fourth-order valence-electron chi connectivity index (χ4n) is 5.35. The molecule has 2 unspecified atom stereocenters. The molecule has 0 aromatic heterocycles. The van der Waals surface area contributed by atoms with E-state index in [9.17, 15) is 14.0 Å². The molecule has 5 heteroatoms. The van der Waals surface area contributed by atoms with Crippen molar-refractivity contribution in [3.8, 4) is 0 Å². The van der Waals surface area contributed by atoms with Crippen molar-refractivity contribution in [2.75, 3.05) is 19.1 Å². The van der Waals surface area contributed by atoms with Crippen molar-refractivity contribution in [2.45, 2.75) is 17.3 Å². The van der Waals surface area contributed by atoms with Crippen molar-refractivity contribution in [2.24, 2.45) is 0 Å². The molecular formula is C25H20FNO3. The summed E-state index contributed by atoms with van der Waals surface area (Å²) in [6, 6.07) is 21.1. The second-order valence-corrected chi connectivity index (χ2v) is 7.91. The summed E-state index contributed by atoms with van der Waals surface area (Å²) in [5, 5.41) is 0. The molecule has 0 fully saturated rings. The zero-order chi connectivity index (χ0) is 21.1. The highest BCUT2D eigenvalue weighted by molar-refractivity contribution is 6.12. The first-order valence-corrected chi connectivity index (χ1v) is 9.79. The molecule has 3 aromatic rings. The van der Waals surface area contributed by atoms with Crippen LogP contribution >= 0.6 is 0 Å². The molecule has 2 aliphatic rings. The lowest BCUT2D eigenvalue weighted by Crippen LogP contribution is -2.43. The van der Waals surface area contributed by atoms with Gasteiger partial charge in [0, 0.05) is 12.7 Å². The van der Waals surface area contributed by atoms with Crippen molar-refractivity contribution < 1.29 is 18.7 Å². The molecule has 30 heavy (non-hydrogen) atoms. The van der Waals surface area contributed by atoms with E-state index >= 15 is 0 Å². The van der Waals surface area contributed by atoms with Crippen molar-refractivity contribution in [1.82, 2.24) is 0 Å². The van der Waals surface area contributed by atoms with Crippen molar-refractivity contribution >= 4 is 17.6 Å². The second-order valence-electron chi connectivity index (χ2n) is 7.91. The highest BCUT2D eigenvalue weighted by atomic mass is 19.1. The Morgan fingerprint density at radius 1 is 0.933 bits per heavy atom. The quantitative estimate of drug-likeness (QED) is 0.611. The largest absolute Gasteiger partial charge is 0.468 e. The number of rotatable bonds is 2. The van der Waals surface area contributed by atoms with Crippen molar-refractivity contribution in [1.29, 1.82) is 0 Å². The second kappa shape index (κ2) is 6.26. The average Bonchev–Trinajstić information content (AvgIpc) is 3.21. The fraction of sp³-hybridized carbons (Fsp3) is 0.200. The number of methoxy groups -OCH3 is 1. The molecule has 5 rings (SSSR count). The number of para-hydroxylation sites is 1. The van der Waals surface area contributed by atoms with E-state index in [-0.39, 0.29) is 18.1 Å². The Morgan fingerprint density at radius 3 is 2.20 bits per heavy atom. The van der Waals surface area contributed by atoms with Gasteiger partial charge in [-0.25, -0.2) is 4.39 Å². The molecular weight excluding hydrogens is 381 g/mol. The molecule has 0 saturated heterocycles. The first-order chi connectivity index (χ1) is 14.5. The van der Waals surface area contributed by atoms with Crippen LogP contribution in [-0.2, 0) is 25.2 Å². The number of likely N-dealkylation sites (N-methyl/N-ethyl adjacent to an activating group) is 1. The normalized spacial score (nSPS) is 24.1. The van der Waals surface area contributed by atoms with E-state index in [1.54, 1.807) is 24.1 Å². The van der Waals surface area contributed by atoms with Crippen LogP contribution in [0.1, 0.15) is 28.7 Å². The summed E-state index contributed by atoms with van der Waals surface area (Å²) in [6.45, 7) is 0. The zero-order valence-corrected chi connectivity index (χ0v) is 16.7. The van der Waals surface area contributed by atoms with Crippen LogP contribution in [0.25, 0.3) is 0 Å². The molecule has 0 saturated carbocycles. The number of fused-ring (bicyclic) bond motifs is 4. The smallest absolute Gasteiger partial charge is 0.320 e. The number of hydrogen-bond acceptors (Lipinski definition) is 3. The number of carbonyl (C=O) groups excluding carboxylic acids is 2. The topological polar surface area (TPSA) is 46.6 Å². The zero-order valence-electron chi connectivity index (χ0n) is 16.7. The van der Waals surface area contributed by atoms with Gasteiger partial charge in [-0.2, -0.15) is 0 Å². The van der Waals surface area contributed by atoms with Gasteiger partial charge in [-0.05, 0) is 46.9 Å². The maximum atomic E-state index is 13.7. The van der Waals surface area contributed by atoms with Gasteiger partial charge in [0.15, 0.2) is 0 Å². The minimum absolute atomic E-state index is 0.0796. The Labute approximate surface area is 173 Å². The lowest BCUT2D eigenvalue weighted by molar-refractivity contribution is -0.146. The summed E-state index contributed by atoms with van der Waals surface area (Å²) in [6.07, 6.45) is 0.192. The Balaban J connectivity index is 1.87. The number of ether oxygens (including phenoxy) is 1. The third kappa shape index (κ3) is 2.09. The van der Waals surface area contributed by atoms with Gasteiger partial charge in [-0.15, -0.1) is 0 Å². The van der Waals surface area contributed by atoms with E-state index in [1.165, 1.54) is 19.2 Å². The van der Waals surface area contributed by atoms with E-state index in [0.29, 0.717) is 5.56 Å². The molecule has 150 valence electrons. The number of hydrogen-bond donors (Lipinski definition) is 0. The SMILES string of the molecule is COC(=O)C1(c2ccc(F)cc2)CC2(C(=O)N(C)c3ccccc32)c2ccccc21. The number of esters is 1. The molecule has 0 N–H and O–H groups in total. The summed E-state index contributed by atoms with van der Waals surface area (Å²) < 4.78 is 19.0. The van der Waals surface area contributed by atoms with Gasteiger partial charge in [0.1, 0.15) is 16.6 Å². The highest BCUT2D eigenvalue weighted by Gasteiger charge is 2.64. The van der Waals surface area contributed by atoms with E-state index in [4.69, 9.17) is 4.74 Å². The first-order valence-electron chi connectivity index (χ1n) is 9.79. The molecule has 4 nitrogen and oxygen atoms in total. The van der Waals surface area contributed by atoms with Gasteiger partial charge in [0.2, 0.25) is 5.91 Å². The van der Waals surface area contributed by atoms with E-state index in [1.807, 2.05) is 48.5 Å². The van der Waals surface area contributed by atoms with Crippen LogP contribution in [0.4, 0.5) is 10.1 Å². The number of benzene rings is 3. The molecule has 3 aromatic carbocycles. The standard InChI is InChI=1S/C25H20FNO3/c1-27-21-10-6-5-9-20(21)25(22(27)28)15-24(23(29)30-2,16-11-13-17(26)14-12-16)18-7-3-4-8-19(18)25/h3-14H,15H2,1-2H3. The lowest BCUT2D eigenvalue weighted by Gasteiger charge is -2.30. The molecule has 0 radical (unpaired) electrons. The third-order valence-electron chi connectivity index (χ3n) is 6.64. The summed E-state index contributed by atoms with van der Waals surface area (Å²) in [5.74, 6) is -0.927. The van der Waals surface area contributed by atoms with E-state index in [2.05, 4.69) is 0 Å². The van der Waals surface area contributed by atoms with Gasteiger partial charge in [0.05, 0.1) is 7.11 Å². The number of anilines is 1. The molecule has 2 atom stereocenters. The summed E-state index contributed by atoms with van der Waals surface area (Å²) in [7, 11) is 3.10. The van der Waals surface area contributed by atoms with Gasteiger partial charge >= 0.3 is 5.97 Å². The maximum Gasteiger partial charge on any atom is 0.320 e. The molecule has 1 spiro atoms. The molecule has 1 amide bonds. The maximum absolute atomic E-state index is 13.7. The highest BCUT2D eigenvalue weighted by Crippen LogP contribution is 2.60. The summed E-state index contributed by atoms with van der Waals surface area (Å²) in [5.41, 5.74) is 1.61. The molecule has 0 bridgehead atoms. The van der Waals surface area contributed by atoms with Gasteiger partial charge in [0.25, 0.3) is 0 Å². The fourth-order valence-corrected chi connectivity index (χ4v) is 5.35. The van der Waals surface area contributed by atoms with Crippen LogP contribution < -0.4 is 4.90 Å². The molecule has 1 aliphatic heterocycles. The van der Waals surface area contributed by atoms with Crippen LogP contribution in [0.15, 0.2) is 72.8 Å². The molecule has 1 aliphatic carbocycles. The van der Waals surface area contributed by atoms with Crippen LogP contribution in [0.3, 0.4) is 0 Å². The van der Waals surface area contributed by atoms with E-state index in [0.717, 1.165) is 22.4 Å². The molecule has 1 heterocycles. The van der Waals surface area contributed by atoms with Crippen LogP contribution in [0, 0.1) is 5.82 Å². The lowest BCUT2D eigenvalue weighted by atomic mass is 9.70. The van der Waals surface area contributed by atoms with E-state index < -0.39 is 16.8 Å². The van der Waals surface area contributed by atoms with Crippen LogP contribution in [0.2, 0.25) is 0 Å². The Bertz CT molecular complexity index is 1190. The minimum Gasteiger partial charge on any atom is -0.468 e. The predicted molar refractivity (Wildman–Crippen MR) is 111 cm³/mol. The van der Waals surface area contributed by atoms with Gasteiger partial charge in [-0.3, -0.25) is 9.59 Å². The van der Waals surface area contributed by atoms with Crippen LogP contribution in [-0.4, -0.2) is 26.0 Å². The van der Waals surface area contributed by atoms with Gasteiger partial charge < -0.3 is 9.64 Å². The number of carbonyl (C=O) groups is 2. The number of amides is 1. The number of nitrogens with zero attached hydrogens (tertiary/aromatic N) is 1. The van der Waals surface area contributed by atoms with Gasteiger partial charge in [-0.1, -0.05) is 54.6 Å². The van der Waals surface area contributed by atoms with Crippen molar-refractivity contribution in [3.63, 3.8) is 0 Å². The Kier molecular flexibility index (Phi) is 3.87.